The van der Waals surface area contributed by atoms with Gasteiger partial charge in [-0.3, -0.25) is 4.79 Å². The predicted molar refractivity (Wildman–Crippen MR) is 101 cm³/mol. The van der Waals surface area contributed by atoms with E-state index < -0.39 is 12.0 Å². The lowest BCUT2D eigenvalue weighted by molar-refractivity contribution is -0.138. The van der Waals surface area contributed by atoms with E-state index in [1.54, 1.807) is 12.1 Å². The van der Waals surface area contributed by atoms with E-state index in [4.69, 9.17) is 15.6 Å². The highest BCUT2D eigenvalue weighted by atomic mass is 127. The van der Waals surface area contributed by atoms with Gasteiger partial charge >= 0.3 is 5.97 Å². The van der Waals surface area contributed by atoms with Gasteiger partial charge in [-0.05, 0) is 81.4 Å². The second-order valence-electron chi connectivity index (χ2n) is 4.79. The highest BCUT2D eigenvalue weighted by Crippen LogP contribution is 2.36. The van der Waals surface area contributed by atoms with Crippen molar-refractivity contribution in [3.05, 3.63) is 43.0 Å². The van der Waals surface area contributed by atoms with Crippen LogP contribution in [0, 0.1) is 7.14 Å². The summed E-state index contributed by atoms with van der Waals surface area (Å²) in [5, 5.41) is 27.7. The minimum Gasteiger partial charge on any atom is -0.504 e. The molecule has 0 spiro atoms. The van der Waals surface area contributed by atoms with Crippen molar-refractivity contribution in [1.82, 2.24) is 0 Å². The molecule has 0 saturated heterocycles. The Balaban J connectivity index is 2.26. The molecular formula is C15H13I2NO5. The molecule has 0 amide bonds. The number of carboxylic acid groups (broad SMARTS) is 1. The SMILES string of the molecule is NC(Cc1cc(I)c(Oc2ccc(O)c(O)c2)c(I)c1)C(=O)O. The van der Waals surface area contributed by atoms with Gasteiger partial charge in [-0.2, -0.15) is 0 Å². The van der Waals surface area contributed by atoms with E-state index >= 15 is 0 Å². The fourth-order valence-corrected chi connectivity index (χ4v) is 3.97. The molecule has 8 heteroatoms. The van der Waals surface area contributed by atoms with Crippen LogP contribution in [0.5, 0.6) is 23.0 Å². The summed E-state index contributed by atoms with van der Waals surface area (Å²) in [6.07, 6.45) is 0.224. The third-order valence-electron chi connectivity index (χ3n) is 3.00. The minimum atomic E-state index is -1.05. The van der Waals surface area contributed by atoms with E-state index in [0.29, 0.717) is 11.5 Å². The number of nitrogens with two attached hydrogens (primary N) is 1. The van der Waals surface area contributed by atoms with Crippen LogP contribution in [0.2, 0.25) is 0 Å². The number of phenolic OH excluding ortho intramolecular Hbond substituents is 2. The van der Waals surface area contributed by atoms with Gasteiger partial charge in [0.25, 0.3) is 0 Å². The van der Waals surface area contributed by atoms with E-state index in [1.165, 1.54) is 18.2 Å². The first-order valence-electron chi connectivity index (χ1n) is 6.44. The summed E-state index contributed by atoms with van der Waals surface area (Å²) in [6.45, 7) is 0. The van der Waals surface area contributed by atoms with Gasteiger partial charge in [0, 0.05) is 6.07 Å². The number of hydrogen-bond donors (Lipinski definition) is 4. The van der Waals surface area contributed by atoms with Gasteiger partial charge in [-0.15, -0.1) is 0 Å². The molecule has 0 fully saturated rings. The zero-order valence-electron chi connectivity index (χ0n) is 11.7. The number of halogens is 2. The minimum absolute atomic E-state index is 0.222. The Morgan fingerprint density at radius 2 is 1.74 bits per heavy atom. The van der Waals surface area contributed by atoms with E-state index in [-0.39, 0.29) is 17.9 Å². The lowest BCUT2D eigenvalue weighted by Crippen LogP contribution is -2.32. The van der Waals surface area contributed by atoms with Crippen molar-refractivity contribution in [2.45, 2.75) is 12.5 Å². The summed E-state index contributed by atoms with van der Waals surface area (Å²) in [6, 6.07) is 6.85. The molecule has 0 bridgehead atoms. The van der Waals surface area contributed by atoms with Crippen molar-refractivity contribution < 1.29 is 24.9 Å². The molecule has 1 unspecified atom stereocenters. The summed E-state index contributed by atoms with van der Waals surface area (Å²) in [5.74, 6) is -0.568. The number of rotatable bonds is 5. The maximum Gasteiger partial charge on any atom is 0.320 e. The second-order valence-corrected chi connectivity index (χ2v) is 7.11. The smallest absolute Gasteiger partial charge is 0.320 e. The average molecular weight is 541 g/mol. The molecule has 0 saturated carbocycles. The maximum atomic E-state index is 10.8. The first-order valence-corrected chi connectivity index (χ1v) is 8.60. The summed E-state index contributed by atoms with van der Waals surface area (Å²) >= 11 is 4.18. The van der Waals surface area contributed by atoms with Gasteiger partial charge in [0.2, 0.25) is 0 Å². The molecule has 0 aliphatic carbocycles. The van der Waals surface area contributed by atoms with Crippen LogP contribution in [0.4, 0.5) is 0 Å². The van der Waals surface area contributed by atoms with E-state index in [0.717, 1.165) is 12.7 Å². The van der Waals surface area contributed by atoms with Crippen LogP contribution in [0.25, 0.3) is 0 Å². The summed E-state index contributed by atoms with van der Waals surface area (Å²) in [4.78, 5) is 10.8. The van der Waals surface area contributed by atoms with Crippen LogP contribution >= 0.6 is 45.2 Å². The third kappa shape index (κ3) is 4.61. The van der Waals surface area contributed by atoms with Crippen LogP contribution in [0.15, 0.2) is 30.3 Å². The zero-order chi connectivity index (χ0) is 17.1. The molecule has 0 radical (unpaired) electrons. The molecule has 122 valence electrons. The number of benzene rings is 2. The van der Waals surface area contributed by atoms with E-state index in [9.17, 15) is 15.0 Å². The van der Waals surface area contributed by atoms with Gasteiger partial charge < -0.3 is 25.8 Å². The number of carboxylic acids is 1. The Morgan fingerprint density at radius 3 is 2.26 bits per heavy atom. The standard InChI is InChI=1S/C15H13I2NO5/c16-9-3-7(5-11(18)15(21)22)4-10(17)14(9)23-8-1-2-12(19)13(20)6-8/h1-4,6,11,19-20H,5,18H2,(H,21,22). The van der Waals surface area contributed by atoms with Crippen LogP contribution < -0.4 is 10.5 Å². The van der Waals surface area contributed by atoms with Gasteiger partial charge in [-0.1, -0.05) is 0 Å². The summed E-state index contributed by atoms with van der Waals surface area (Å²) < 4.78 is 7.32. The Bertz CT molecular complexity index is 728. The molecule has 0 aromatic heterocycles. The number of aliphatic carboxylic acids is 1. The highest BCUT2D eigenvalue weighted by molar-refractivity contribution is 14.1. The van der Waals surface area contributed by atoms with E-state index in [1.807, 2.05) is 0 Å². The fraction of sp³-hybridized carbons (Fsp3) is 0.133. The van der Waals surface area contributed by atoms with Crippen LogP contribution in [0.3, 0.4) is 0 Å². The van der Waals surface area contributed by atoms with Gasteiger partial charge in [-0.25, -0.2) is 0 Å². The molecule has 23 heavy (non-hydrogen) atoms. The fourth-order valence-electron chi connectivity index (χ4n) is 1.85. The zero-order valence-corrected chi connectivity index (χ0v) is 16.0. The molecule has 0 heterocycles. The maximum absolute atomic E-state index is 10.8. The number of ether oxygens (including phenoxy) is 1. The van der Waals surface area contributed by atoms with Crippen LogP contribution in [-0.4, -0.2) is 27.3 Å². The normalized spacial score (nSPS) is 12.0. The van der Waals surface area contributed by atoms with E-state index in [2.05, 4.69) is 45.2 Å². The molecule has 0 aliphatic heterocycles. The monoisotopic (exact) mass is 541 g/mol. The lowest BCUT2D eigenvalue weighted by atomic mass is 10.1. The largest absolute Gasteiger partial charge is 0.504 e. The van der Waals surface area contributed by atoms with Crippen molar-refractivity contribution in [1.29, 1.82) is 0 Å². The molecule has 1 atom stereocenters. The first-order chi connectivity index (χ1) is 10.8. The molecule has 5 N–H and O–H groups in total. The van der Waals surface area contributed by atoms with Crippen molar-refractivity contribution in [3.63, 3.8) is 0 Å². The lowest BCUT2D eigenvalue weighted by Gasteiger charge is -2.13. The third-order valence-corrected chi connectivity index (χ3v) is 4.60. The highest BCUT2D eigenvalue weighted by Gasteiger charge is 2.16. The Labute approximate surface area is 159 Å². The molecule has 2 aromatic rings. The second kappa shape index (κ2) is 7.53. The Morgan fingerprint density at radius 1 is 1.13 bits per heavy atom. The summed E-state index contributed by atoms with van der Waals surface area (Å²) in [7, 11) is 0. The summed E-state index contributed by atoms with van der Waals surface area (Å²) in [5.41, 5.74) is 6.35. The van der Waals surface area contributed by atoms with Gasteiger partial charge in [0.1, 0.15) is 11.8 Å². The average Bonchev–Trinajstić information content (AvgIpc) is 2.46. The van der Waals surface area contributed by atoms with Gasteiger partial charge in [0.15, 0.2) is 17.2 Å². The molecular weight excluding hydrogens is 528 g/mol. The predicted octanol–water partition coefficient (Wildman–Crippen LogP) is 3.05. The quantitative estimate of drug-likeness (QED) is 0.342. The van der Waals surface area contributed by atoms with Crippen molar-refractivity contribution >= 4 is 51.2 Å². The number of hydrogen-bond acceptors (Lipinski definition) is 5. The molecule has 2 aromatic carbocycles. The van der Waals surface area contributed by atoms with Crippen molar-refractivity contribution in [2.24, 2.45) is 5.73 Å². The van der Waals surface area contributed by atoms with Crippen molar-refractivity contribution in [3.8, 4) is 23.0 Å². The molecule has 6 nitrogen and oxygen atoms in total. The Hall–Kier alpha value is -1.27. The topological polar surface area (TPSA) is 113 Å². The first kappa shape index (κ1) is 18.1. The van der Waals surface area contributed by atoms with Crippen LogP contribution in [0.1, 0.15) is 5.56 Å². The molecule has 2 rings (SSSR count). The van der Waals surface area contributed by atoms with Crippen molar-refractivity contribution in [2.75, 3.05) is 0 Å². The Kier molecular flexibility index (Phi) is 5.92. The molecule has 0 aliphatic rings. The number of carbonyl (C=O) groups is 1. The number of aromatic hydroxyl groups is 2. The van der Waals surface area contributed by atoms with Gasteiger partial charge in [0.05, 0.1) is 7.14 Å². The van der Waals surface area contributed by atoms with Crippen LogP contribution in [-0.2, 0) is 11.2 Å². The number of phenols is 2.